The Balaban J connectivity index is 1.87. The zero-order chi connectivity index (χ0) is 14.5. The van der Waals surface area contributed by atoms with Gasteiger partial charge in [0.15, 0.2) is 0 Å². The third-order valence-electron chi connectivity index (χ3n) is 4.55. The van der Waals surface area contributed by atoms with E-state index in [4.69, 9.17) is 0 Å². The predicted octanol–water partition coefficient (Wildman–Crippen LogP) is 3.99. The number of sulfonamides is 1. The lowest BCUT2D eigenvalue weighted by molar-refractivity contribution is 0.390. The number of fused-ring (bicyclic) bond motifs is 2. The Hall–Kier alpha value is 0.0900. The molecule has 0 radical (unpaired) electrons. The number of benzene rings is 1. The second-order valence-electron chi connectivity index (χ2n) is 5.93. The Kier molecular flexibility index (Phi) is 4.03. The minimum atomic E-state index is -3.46. The van der Waals surface area contributed by atoms with Crippen LogP contribution in [0.15, 0.2) is 26.0 Å². The summed E-state index contributed by atoms with van der Waals surface area (Å²) in [4.78, 5) is 0.317. The molecule has 2 aliphatic carbocycles. The largest absolute Gasteiger partial charge is 0.241 e. The highest BCUT2D eigenvalue weighted by Crippen LogP contribution is 2.45. The van der Waals surface area contributed by atoms with Crippen molar-refractivity contribution >= 4 is 41.9 Å². The van der Waals surface area contributed by atoms with E-state index in [1.165, 1.54) is 12.8 Å². The number of aryl methyl sites for hydroxylation is 1. The Morgan fingerprint density at radius 1 is 1.15 bits per heavy atom. The van der Waals surface area contributed by atoms with Crippen LogP contribution >= 0.6 is 31.9 Å². The molecule has 0 heterocycles. The molecule has 0 aliphatic heterocycles. The van der Waals surface area contributed by atoms with Crippen LogP contribution in [-0.2, 0) is 10.0 Å². The number of nitrogens with one attached hydrogen (secondary N) is 1. The Bertz CT molecular complexity index is 645. The van der Waals surface area contributed by atoms with Crippen LogP contribution in [0.25, 0.3) is 0 Å². The maximum Gasteiger partial charge on any atom is 0.241 e. The lowest BCUT2D eigenvalue weighted by Crippen LogP contribution is -2.38. The van der Waals surface area contributed by atoms with Crippen molar-refractivity contribution in [2.45, 2.75) is 43.5 Å². The van der Waals surface area contributed by atoms with Crippen LogP contribution in [0.3, 0.4) is 0 Å². The molecular weight excluding hydrogens is 406 g/mol. The average Bonchev–Trinajstić information content (AvgIpc) is 2.95. The fraction of sp³-hybridized carbons (Fsp3) is 0.571. The average molecular weight is 423 g/mol. The lowest BCUT2D eigenvalue weighted by atomic mass is 9.96. The van der Waals surface area contributed by atoms with Crippen LogP contribution < -0.4 is 4.72 Å². The molecule has 0 saturated heterocycles. The smallest absolute Gasteiger partial charge is 0.208 e. The van der Waals surface area contributed by atoms with Gasteiger partial charge in [-0.15, -0.1) is 0 Å². The van der Waals surface area contributed by atoms with Crippen LogP contribution in [0.1, 0.15) is 31.2 Å². The molecule has 0 spiro atoms. The van der Waals surface area contributed by atoms with Gasteiger partial charge in [0.25, 0.3) is 0 Å². The minimum absolute atomic E-state index is 0.116. The number of hydrogen-bond acceptors (Lipinski definition) is 2. The van der Waals surface area contributed by atoms with Gasteiger partial charge in [-0.05, 0) is 71.6 Å². The SMILES string of the molecule is Cc1cc(Br)c(S(=O)(=O)NC2CC3CCC2C3)cc1Br. The highest BCUT2D eigenvalue weighted by molar-refractivity contribution is 9.11. The number of hydrogen-bond donors (Lipinski definition) is 1. The maximum atomic E-state index is 12.6. The van der Waals surface area contributed by atoms with E-state index >= 15 is 0 Å². The van der Waals surface area contributed by atoms with Gasteiger partial charge in [0.2, 0.25) is 10.0 Å². The van der Waals surface area contributed by atoms with Gasteiger partial charge in [0, 0.05) is 15.0 Å². The molecule has 3 rings (SSSR count). The first-order valence-electron chi connectivity index (χ1n) is 6.85. The van der Waals surface area contributed by atoms with Gasteiger partial charge in [-0.1, -0.05) is 22.4 Å². The first-order valence-corrected chi connectivity index (χ1v) is 9.91. The Morgan fingerprint density at radius 3 is 2.50 bits per heavy atom. The minimum Gasteiger partial charge on any atom is -0.208 e. The Morgan fingerprint density at radius 2 is 1.90 bits per heavy atom. The molecule has 1 aromatic carbocycles. The van der Waals surface area contributed by atoms with Gasteiger partial charge < -0.3 is 0 Å². The van der Waals surface area contributed by atoms with E-state index in [2.05, 4.69) is 36.6 Å². The van der Waals surface area contributed by atoms with Crippen LogP contribution in [-0.4, -0.2) is 14.5 Å². The van der Waals surface area contributed by atoms with Gasteiger partial charge in [0.1, 0.15) is 0 Å². The zero-order valence-corrected chi connectivity index (χ0v) is 15.2. The first kappa shape index (κ1) is 15.0. The van der Waals surface area contributed by atoms with Gasteiger partial charge in [-0.25, -0.2) is 13.1 Å². The molecule has 0 aromatic heterocycles. The summed E-state index contributed by atoms with van der Waals surface area (Å²) in [5.41, 5.74) is 1.01. The van der Waals surface area contributed by atoms with E-state index in [0.717, 1.165) is 28.8 Å². The molecular formula is C14H17Br2NO2S. The summed E-state index contributed by atoms with van der Waals surface area (Å²) in [6.07, 6.45) is 4.61. The summed E-state index contributed by atoms with van der Waals surface area (Å²) in [6.45, 7) is 1.94. The van der Waals surface area contributed by atoms with Crippen molar-refractivity contribution in [1.82, 2.24) is 4.72 Å². The van der Waals surface area contributed by atoms with Crippen molar-refractivity contribution in [2.75, 3.05) is 0 Å². The van der Waals surface area contributed by atoms with Crippen LogP contribution in [0, 0.1) is 18.8 Å². The summed E-state index contributed by atoms with van der Waals surface area (Å²) in [5.74, 6) is 1.25. The molecule has 3 nitrogen and oxygen atoms in total. The molecule has 0 amide bonds. The second-order valence-corrected chi connectivity index (χ2v) is 9.33. The van der Waals surface area contributed by atoms with Crippen molar-refractivity contribution in [1.29, 1.82) is 0 Å². The summed E-state index contributed by atoms with van der Waals surface area (Å²) in [6, 6.07) is 3.62. The van der Waals surface area contributed by atoms with Crippen LogP contribution in [0.5, 0.6) is 0 Å². The zero-order valence-electron chi connectivity index (χ0n) is 11.2. The molecule has 2 aliphatic rings. The molecule has 1 N–H and O–H groups in total. The quantitative estimate of drug-likeness (QED) is 0.800. The predicted molar refractivity (Wildman–Crippen MR) is 86.1 cm³/mol. The monoisotopic (exact) mass is 421 g/mol. The van der Waals surface area contributed by atoms with Gasteiger partial charge in [-0.3, -0.25) is 0 Å². The van der Waals surface area contributed by atoms with E-state index in [0.29, 0.717) is 15.3 Å². The maximum absolute atomic E-state index is 12.6. The van der Waals surface area contributed by atoms with E-state index in [9.17, 15) is 8.42 Å². The van der Waals surface area contributed by atoms with Crippen molar-refractivity contribution in [2.24, 2.45) is 11.8 Å². The molecule has 2 saturated carbocycles. The molecule has 3 unspecified atom stereocenters. The summed E-state index contributed by atoms with van der Waals surface area (Å²) >= 11 is 6.77. The molecule has 3 atom stereocenters. The van der Waals surface area contributed by atoms with Crippen LogP contribution in [0.2, 0.25) is 0 Å². The Labute approximate surface area is 136 Å². The fourth-order valence-electron chi connectivity index (χ4n) is 3.49. The molecule has 2 bridgehead atoms. The highest BCUT2D eigenvalue weighted by Gasteiger charge is 2.41. The summed E-state index contributed by atoms with van der Waals surface area (Å²) in [5, 5.41) is 0. The van der Waals surface area contributed by atoms with Gasteiger partial charge in [-0.2, -0.15) is 0 Å². The van der Waals surface area contributed by atoms with Gasteiger partial charge in [0.05, 0.1) is 4.90 Å². The van der Waals surface area contributed by atoms with E-state index in [1.807, 2.05) is 13.0 Å². The number of rotatable bonds is 3. The lowest BCUT2D eigenvalue weighted by Gasteiger charge is -2.23. The van der Waals surface area contributed by atoms with E-state index < -0.39 is 10.0 Å². The molecule has 6 heteroatoms. The summed E-state index contributed by atoms with van der Waals surface area (Å²) in [7, 11) is -3.46. The van der Waals surface area contributed by atoms with Gasteiger partial charge >= 0.3 is 0 Å². The number of halogens is 2. The molecule has 20 heavy (non-hydrogen) atoms. The third-order valence-corrected chi connectivity index (χ3v) is 7.85. The fourth-order valence-corrected chi connectivity index (χ4v) is 6.48. The van der Waals surface area contributed by atoms with Crippen molar-refractivity contribution < 1.29 is 8.42 Å². The van der Waals surface area contributed by atoms with Crippen LogP contribution in [0.4, 0.5) is 0 Å². The highest BCUT2D eigenvalue weighted by atomic mass is 79.9. The molecule has 110 valence electrons. The van der Waals surface area contributed by atoms with Crippen molar-refractivity contribution in [3.63, 3.8) is 0 Å². The first-order chi connectivity index (χ1) is 9.37. The molecule has 2 fully saturated rings. The van der Waals surface area contributed by atoms with Crippen molar-refractivity contribution in [3.8, 4) is 0 Å². The second kappa shape index (κ2) is 5.38. The normalized spacial score (nSPS) is 29.1. The standard InChI is InChI=1S/C14H17Br2NO2S/c1-8-4-12(16)14(7-11(8)15)20(18,19)17-13-6-9-2-3-10(13)5-9/h4,7,9-10,13,17H,2-3,5-6H2,1H3. The van der Waals surface area contributed by atoms with Crippen molar-refractivity contribution in [3.05, 3.63) is 26.6 Å². The van der Waals surface area contributed by atoms with E-state index in [-0.39, 0.29) is 6.04 Å². The molecule has 1 aromatic rings. The van der Waals surface area contributed by atoms with E-state index in [1.54, 1.807) is 6.07 Å². The third kappa shape index (κ3) is 2.72. The topological polar surface area (TPSA) is 46.2 Å². The summed E-state index contributed by atoms with van der Waals surface area (Å²) < 4.78 is 29.5.